The van der Waals surface area contributed by atoms with Gasteiger partial charge in [-0.2, -0.15) is 0 Å². The molecule has 1 amide bonds. The van der Waals surface area contributed by atoms with Crippen LogP contribution in [0.2, 0.25) is 0 Å². The van der Waals surface area contributed by atoms with E-state index in [1.807, 2.05) is 31.1 Å². The number of nitrogens with zero attached hydrogens (tertiary/aromatic N) is 5. The van der Waals surface area contributed by atoms with Crippen molar-refractivity contribution in [3.63, 3.8) is 0 Å². The van der Waals surface area contributed by atoms with E-state index in [9.17, 15) is 9.90 Å². The number of aromatic nitrogens is 4. The standard InChI is InChI=1S/C19H18N6O2/c1-25(2)8-7-21-19(27)14-16-15(11-5-3-4-6-12(11)17(14)26)24-18-13(23-16)9-20-10-22-18/h3-6,9-10,26H,7-8H2,1-2H3,(H,21,27). The molecule has 0 fully saturated rings. The highest BCUT2D eigenvalue weighted by Crippen LogP contribution is 2.36. The van der Waals surface area contributed by atoms with Crippen molar-refractivity contribution in [2.45, 2.75) is 0 Å². The summed E-state index contributed by atoms with van der Waals surface area (Å²) in [6.07, 6.45) is 2.94. The Kier molecular flexibility index (Phi) is 4.25. The number of fused-ring (bicyclic) bond motifs is 4. The summed E-state index contributed by atoms with van der Waals surface area (Å²) in [5.41, 5.74) is 1.86. The number of likely N-dealkylation sites (N-methyl/N-ethyl adjacent to an activating group) is 1. The van der Waals surface area contributed by atoms with Gasteiger partial charge in [-0.15, -0.1) is 0 Å². The Balaban J connectivity index is 1.98. The second kappa shape index (κ2) is 6.73. The van der Waals surface area contributed by atoms with Gasteiger partial charge in [0.15, 0.2) is 5.65 Å². The number of phenolic OH excluding ortho intramolecular Hbond substituents is 1. The van der Waals surface area contributed by atoms with Gasteiger partial charge in [-0.3, -0.25) is 4.79 Å². The number of phenols is 1. The number of carbonyl (C=O) groups is 1. The Bertz CT molecular complexity index is 1180. The first-order valence-electron chi connectivity index (χ1n) is 8.50. The van der Waals surface area contributed by atoms with Crippen molar-refractivity contribution in [1.29, 1.82) is 0 Å². The molecule has 8 nitrogen and oxygen atoms in total. The van der Waals surface area contributed by atoms with E-state index in [1.54, 1.807) is 12.1 Å². The van der Waals surface area contributed by atoms with Gasteiger partial charge in [-0.25, -0.2) is 19.9 Å². The number of aromatic hydroxyl groups is 1. The molecule has 0 atom stereocenters. The molecule has 2 heterocycles. The van der Waals surface area contributed by atoms with E-state index in [2.05, 4.69) is 25.3 Å². The number of carbonyl (C=O) groups excluding carboxylic acids is 1. The lowest BCUT2D eigenvalue weighted by molar-refractivity contribution is 0.0950. The molecule has 0 aliphatic carbocycles. The van der Waals surface area contributed by atoms with Crippen molar-refractivity contribution in [2.24, 2.45) is 0 Å². The first-order chi connectivity index (χ1) is 13.1. The number of nitrogens with one attached hydrogen (secondary N) is 1. The highest BCUT2D eigenvalue weighted by molar-refractivity contribution is 6.18. The van der Waals surface area contributed by atoms with Gasteiger partial charge < -0.3 is 15.3 Å². The fourth-order valence-electron chi connectivity index (χ4n) is 3.01. The lowest BCUT2D eigenvalue weighted by atomic mass is 10.0. The lowest BCUT2D eigenvalue weighted by Gasteiger charge is -2.14. The van der Waals surface area contributed by atoms with E-state index in [1.165, 1.54) is 12.5 Å². The molecule has 27 heavy (non-hydrogen) atoms. The lowest BCUT2D eigenvalue weighted by Crippen LogP contribution is -2.31. The summed E-state index contributed by atoms with van der Waals surface area (Å²) in [4.78, 5) is 32.0. The quantitative estimate of drug-likeness (QED) is 0.421. The van der Waals surface area contributed by atoms with Crippen molar-refractivity contribution in [3.05, 3.63) is 42.4 Å². The largest absolute Gasteiger partial charge is 0.506 e. The molecule has 0 aliphatic rings. The first-order valence-corrected chi connectivity index (χ1v) is 8.50. The van der Waals surface area contributed by atoms with Crippen molar-refractivity contribution in [1.82, 2.24) is 30.2 Å². The number of hydrogen-bond acceptors (Lipinski definition) is 7. The molecule has 0 saturated carbocycles. The molecule has 2 aromatic heterocycles. The molecule has 0 unspecified atom stereocenters. The third-order valence-electron chi connectivity index (χ3n) is 4.33. The maximum atomic E-state index is 12.9. The van der Waals surface area contributed by atoms with E-state index < -0.39 is 5.91 Å². The average Bonchev–Trinajstić information content (AvgIpc) is 2.67. The monoisotopic (exact) mass is 362 g/mol. The van der Waals surface area contributed by atoms with Crippen LogP contribution >= 0.6 is 0 Å². The SMILES string of the molecule is CN(C)CCNC(=O)c1c(O)c2ccccc2c2nc3ncncc3nc12. The highest BCUT2D eigenvalue weighted by Gasteiger charge is 2.22. The fraction of sp³-hybridized carbons (Fsp3) is 0.211. The predicted molar refractivity (Wildman–Crippen MR) is 103 cm³/mol. The summed E-state index contributed by atoms with van der Waals surface area (Å²) in [5, 5.41) is 14.9. The molecular formula is C19H18N6O2. The summed E-state index contributed by atoms with van der Waals surface area (Å²) in [5.74, 6) is -0.499. The number of amides is 1. The molecule has 0 spiro atoms. The molecule has 0 bridgehead atoms. The first kappa shape index (κ1) is 17.0. The normalized spacial score (nSPS) is 11.5. The Morgan fingerprint density at radius 2 is 1.93 bits per heavy atom. The van der Waals surface area contributed by atoms with Gasteiger partial charge in [0.25, 0.3) is 5.91 Å². The minimum atomic E-state index is -0.393. The minimum Gasteiger partial charge on any atom is -0.506 e. The van der Waals surface area contributed by atoms with E-state index in [-0.39, 0.29) is 11.3 Å². The Morgan fingerprint density at radius 1 is 1.15 bits per heavy atom. The van der Waals surface area contributed by atoms with Crippen LogP contribution in [-0.2, 0) is 0 Å². The van der Waals surface area contributed by atoms with Gasteiger partial charge in [0.2, 0.25) is 0 Å². The third-order valence-corrected chi connectivity index (χ3v) is 4.33. The second-order valence-corrected chi connectivity index (χ2v) is 6.48. The van der Waals surface area contributed by atoms with E-state index in [4.69, 9.17) is 0 Å². The van der Waals surface area contributed by atoms with E-state index in [0.717, 1.165) is 0 Å². The zero-order valence-corrected chi connectivity index (χ0v) is 15.0. The zero-order chi connectivity index (χ0) is 19.0. The summed E-state index contributed by atoms with van der Waals surface area (Å²) in [6, 6.07) is 7.25. The van der Waals surface area contributed by atoms with Gasteiger partial charge in [-0.05, 0) is 14.1 Å². The van der Waals surface area contributed by atoms with Crippen LogP contribution in [0.1, 0.15) is 10.4 Å². The van der Waals surface area contributed by atoms with Crippen molar-refractivity contribution < 1.29 is 9.90 Å². The van der Waals surface area contributed by atoms with Crippen molar-refractivity contribution in [2.75, 3.05) is 27.2 Å². The van der Waals surface area contributed by atoms with Gasteiger partial charge >= 0.3 is 0 Å². The molecule has 2 aromatic carbocycles. The third kappa shape index (κ3) is 3.00. The van der Waals surface area contributed by atoms with E-state index in [0.29, 0.717) is 46.1 Å². The molecule has 2 N–H and O–H groups in total. The summed E-state index contributed by atoms with van der Waals surface area (Å²) >= 11 is 0. The molecule has 0 aliphatic heterocycles. The zero-order valence-electron chi connectivity index (χ0n) is 15.0. The molecule has 4 aromatic rings. The molecule has 4 rings (SSSR count). The highest BCUT2D eigenvalue weighted by atomic mass is 16.3. The fourth-order valence-corrected chi connectivity index (χ4v) is 3.01. The van der Waals surface area contributed by atoms with Crippen LogP contribution in [0.3, 0.4) is 0 Å². The maximum absolute atomic E-state index is 12.9. The van der Waals surface area contributed by atoms with Crippen LogP contribution in [0.15, 0.2) is 36.8 Å². The van der Waals surface area contributed by atoms with Crippen LogP contribution in [0.25, 0.3) is 33.0 Å². The van der Waals surface area contributed by atoms with Crippen LogP contribution in [0, 0.1) is 0 Å². The van der Waals surface area contributed by atoms with Crippen LogP contribution in [0.5, 0.6) is 5.75 Å². The average molecular weight is 362 g/mol. The van der Waals surface area contributed by atoms with Gasteiger partial charge in [0, 0.05) is 23.9 Å². The summed E-state index contributed by atoms with van der Waals surface area (Å²) in [7, 11) is 3.85. The Morgan fingerprint density at radius 3 is 2.70 bits per heavy atom. The van der Waals surface area contributed by atoms with Gasteiger partial charge in [0.05, 0.1) is 6.20 Å². The molecule has 0 saturated heterocycles. The van der Waals surface area contributed by atoms with Gasteiger partial charge in [0.1, 0.15) is 34.2 Å². The smallest absolute Gasteiger partial charge is 0.257 e. The number of hydrogen-bond donors (Lipinski definition) is 2. The van der Waals surface area contributed by atoms with Crippen LogP contribution in [0.4, 0.5) is 0 Å². The number of rotatable bonds is 4. The number of benzene rings is 2. The topological polar surface area (TPSA) is 104 Å². The van der Waals surface area contributed by atoms with Crippen LogP contribution in [-0.4, -0.2) is 63.0 Å². The predicted octanol–water partition coefficient (Wildman–Crippen LogP) is 1.72. The molecule has 136 valence electrons. The maximum Gasteiger partial charge on any atom is 0.257 e. The Labute approximate surface area is 154 Å². The minimum absolute atomic E-state index is 0.106. The molecule has 8 heteroatoms. The second-order valence-electron chi connectivity index (χ2n) is 6.48. The molecule has 0 radical (unpaired) electrons. The van der Waals surface area contributed by atoms with E-state index >= 15 is 0 Å². The summed E-state index contributed by atoms with van der Waals surface area (Å²) < 4.78 is 0. The molecular weight excluding hydrogens is 344 g/mol. The summed E-state index contributed by atoms with van der Waals surface area (Å²) in [6.45, 7) is 1.13. The Hall–Kier alpha value is -3.39. The van der Waals surface area contributed by atoms with Crippen LogP contribution < -0.4 is 5.32 Å². The van der Waals surface area contributed by atoms with Crippen molar-refractivity contribution in [3.8, 4) is 5.75 Å². The van der Waals surface area contributed by atoms with Crippen molar-refractivity contribution >= 4 is 38.9 Å². The van der Waals surface area contributed by atoms with Gasteiger partial charge in [-0.1, -0.05) is 24.3 Å².